The van der Waals surface area contributed by atoms with Crippen molar-refractivity contribution in [2.45, 2.75) is 6.92 Å². The smallest absolute Gasteiger partial charge is 0.299 e. The van der Waals surface area contributed by atoms with Gasteiger partial charge < -0.3 is 0 Å². The summed E-state index contributed by atoms with van der Waals surface area (Å²) >= 11 is 5.80. The third-order valence-corrected chi connectivity index (χ3v) is 3.39. The van der Waals surface area contributed by atoms with Gasteiger partial charge in [0, 0.05) is 25.3 Å². The van der Waals surface area contributed by atoms with Crippen molar-refractivity contribution in [2.24, 2.45) is 19.1 Å². The minimum Gasteiger partial charge on any atom is -0.299 e. The van der Waals surface area contributed by atoms with E-state index in [1.54, 1.807) is 44.5 Å². The van der Waals surface area contributed by atoms with Gasteiger partial charge in [-0.05, 0) is 24.6 Å². The molecule has 0 saturated carbocycles. The lowest BCUT2D eigenvalue weighted by Crippen LogP contribution is -2.37. The van der Waals surface area contributed by atoms with Gasteiger partial charge in [0.25, 0.3) is 5.56 Å². The molecule has 0 fully saturated rings. The molecule has 104 valence electrons. The zero-order valence-corrected chi connectivity index (χ0v) is 12.2. The van der Waals surface area contributed by atoms with Crippen LogP contribution >= 0.6 is 11.6 Å². The van der Waals surface area contributed by atoms with Gasteiger partial charge in [-0.3, -0.25) is 13.9 Å². The highest BCUT2D eigenvalue weighted by Gasteiger charge is 2.10. The maximum Gasteiger partial charge on any atom is 0.330 e. The second-order valence-electron chi connectivity index (χ2n) is 4.45. The van der Waals surface area contributed by atoms with Crippen molar-refractivity contribution in [3.8, 4) is 0 Å². The average Bonchev–Trinajstić information content (AvgIpc) is 2.45. The summed E-state index contributed by atoms with van der Waals surface area (Å²) in [6.45, 7) is 1.69. The fourth-order valence-corrected chi connectivity index (χ4v) is 1.89. The van der Waals surface area contributed by atoms with Gasteiger partial charge in [0.2, 0.25) is 0 Å². The SMILES string of the molecule is Cc1c(N=Cc2ccc(Cl)cc2)c(=O)n(C)c(=O)n1C. The molecule has 2 rings (SSSR count). The van der Waals surface area contributed by atoms with Crippen LogP contribution in [0.4, 0.5) is 5.69 Å². The number of nitrogens with zero attached hydrogens (tertiary/aromatic N) is 3. The van der Waals surface area contributed by atoms with Crippen LogP contribution in [0.2, 0.25) is 5.02 Å². The van der Waals surface area contributed by atoms with Crippen LogP contribution in [0.15, 0.2) is 38.8 Å². The second-order valence-corrected chi connectivity index (χ2v) is 4.89. The molecule has 6 heteroatoms. The first kappa shape index (κ1) is 14.3. The van der Waals surface area contributed by atoms with Crippen molar-refractivity contribution in [1.29, 1.82) is 0 Å². The zero-order valence-electron chi connectivity index (χ0n) is 11.4. The number of aliphatic imine (C=N–C) groups is 1. The molecule has 0 aliphatic heterocycles. The summed E-state index contributed by atoms with van der Waals surface area (Å²) < 4.78 is 2.44. The Bertz CT molecular complexity index is 786. The molecular formula is C14H14ClN3O2. The van der Waals surface area contributed by atoms with E-state index in [-0.39, 0.29) is 11.4 Å². The summed E-state index contributed by atoms with van der Waals surface area (Å²) in [5.41, 5.74) is 0.839. The first-order valence-corrected chi connectivity index (χ1v) is 6.36. The molecule has 0 aliphatic carbocycles. The Morgan fingerprint density at radius 2 is 1.70 bits per heavy atom. The zero-order chi connectivity index (χ0) is 14.9. The second kappa shape index (κ2) is 5.46. The molecule has 20 heavy (non-hydrogen) atoms. The van der Waals surface area contributed by atoms with Crippen LogP contribution < -0.4 is 11.2 Å². The van der Waals surface area contributed by atoms with E-state index < -0.39 is 5.56 Å². The van der Waals surface area contributed by atoms with Crippen molar-refractivity contribution in [2.75, 3.05) is 0 Å². The normalized spacial score (nSPS) is 11.2. The van der Waals surface area contributed by atoms with Crippen LogP contribution in [0.5, 0.6) is 0 Å². The molecule has 5 nitrogen and oxygen atoms in total. The van der Waals surface area contributed by atoms with Crippen molar-refractivity contribution < 1.29 is 0 Å². The molecule has 0 atom stereocenters. The summed E-state index contributed by atoms with van der Waals surface area (Å²) in [4.78, 5) is 28.0. The highest BCUT2D eigenvalue weighted by Crippen LogP contribution is 2.11. The van der Waals surface area contributed by atoms with Gasteiger partial charge in [-0.2, -0.15) is 0 Å². The van der Waals surface area contributed by atoms with E-state index >= 15 is 0 Å². The van der Waals surface area contributed by atoms with Crippen molar-refractivity contribution in [3.63, 3.8) is 0 Å². The number of rotatable bonds is 2. The van der Waals surface area contributed by atoms with Crippen LogP contribution in [-0.2, 0) is 14.1 Å². The van der Waals surface area contributed by atoms with Crippen molar-refractivity contribution in [1.82, 2.24) is 9.13 Å². The van der Waals surface area contributed by atoms with Crippen LogP contribution in [0.1, 0.15) is 11.3 Å². The lowest BCUT2D eigenvalue weighted by atomic mass is 10.2. The summed E-state index contributed by atoms with van der Waals surface area (Å²) in [6, 6.07) is 7.09. The molecule has 1 aromatic carbocycles. The topological polar surface area (TPSA) is 56.4 Å². The van der Waals surface area contributed by atoms with Crippen LogP contribution in [0.25, 0.3) is 0 Å². The van der Waals surface area contributed by atoms with Crippen molar-refractivity contribution >= 4 is 23.5 Å². The van der Waals surface area contributed by atoms with E-state index in [4.69, 9.17) is 11.6 Å². The summed E-state index contributed by atoms with van der Waals surface area (Å²) in [6.07, 6.45) is 1.57. The van der Waals surface area contributed by atoms with E-state index in [1.165, 1.54) is 11.6 Å². The summed E-state index contributed by atoms with van der Waals surface area (Å²) in [5, 5.41) is 0.636. The molecule has 0 radical (unpaired) electrons. The number of hydrogen-bond acceptors (Lipinski definition) is 3. The Kier molecular flexibility index (Phi) is 3.90. The Hall–Kier alpha value is -2.14. The number of aromatic nitrogens is 2. The molecule has 0 saturated heterocycles. The average molecular weight is 292 g/mol. The maximum absolute atomic E-state index is 12.1. The van der Waals surface area contributed by atoms with Gasteiger partial charge in [0.15, 0.2) is 0 Å². The van der Waals surface area contributed by atoms with Gasteiger partial charge >= 0.3 is 5.69 Å². The molecule has 0 aliphatic rings. The first-order valence-electron chi connectivity index (χ1n) is 5.98. The standard InChI is InChI=1S/C14H14ClN3O2/c1-9-12(13(19)18(3)14(20)17(9)2)16-8-10-4-6-11(15)7-5-10/h4-8H,1-3H3. The molecule has 1 heterocycles. The molecule has 0 N–H and O–H groups in total. The molecule has 0 unspecified atom stereocenters. The van der Waals surface area contributed by atoms with E-state index in [9.17, 15) is 9.59 Å². The van der Waals surface area contributed by atoms with Crippen LogP contribution in [0, 0.1) is 6.92 Å². The van der Waals surface area contributed by atoms with E-state index in [2.05, 4.69) is 4.99 Å². The van der Waals surface area contributed by atoms with Gasteiger partial charge in [0.1, 0.15) is 5.69 Å². The lowest BCUT2D eigenvalue weighted by molar-refractivity contribution is 0.669. The Balaban J connectivity index is 2.52. The summed E-state index contributed by atoms with van der Waals surface area (Å²) in [7, 11) is 3.05. The van der Waals surface area contributed by atoms with E-state index in [0.717, 1.165) is 10.1 Å². The minimum absolute atomic E-state index is 0.254. The molecule has 2 aromatic rings. The highest BCUT2D eigenvalue weighted by atomic mass is 35.5. The maximum atomic E-state index is 12.1. The Morgan fingerprint density at radius 1 is 1.10 bits per heavy atom. The molecule has 0 spiro atoms. The van der Waals surface area contributed by atoms with Gasteiger partial charge in [-0.25, -0.2) is 9.79 Å². The van der Waals surface area contributed by atoms with Crippen LogP contribution in [0.3, 0.4) is 0 Å². The predicted molar refractivity (Wildman–Crippen MR) is 80.4 cm³/mol. The largest absolute Gasteiger partial charge is 0.330 e. The Morgan fingerprint density at radius 3 is 2.30 bits per heavy atom. The number of halogens is 1. The van der Waals surface area contributed by atoms with Crippen LogP contribution in [-0.4, -0.2) is 15.3 Å². The lowest BCUT2D eigenvalue weighted by Gasteiger charge is -2.08. The van der Waals surface area contributed by atoms with Crippen molar-refractivity contribution in [3.05, 3.63) is 61.4 Å². The predicted octanol–water partition coefficient (Wildman–Crippen LogP) is 1.80. The fourth-order valence-electron chi connectivity index (χ4n) is 1.76. The Labute approximate surface area is 120 Å². The number of benzene rings is 1. The first-order chi connectivity index (χ1) is 9.41. The van der Waals surface area contributed by atoms with Gasteiger partial charge in [-0.1, -0.05) is 23.7 Å². The third-order valence-electron chi connectivity index (χ3n) is 3.14. The van der Waals surface area contributed by atoms with E-state index in [1.807, 2.05) is 0 Å². The van der Waals surface area contributed by atoms with E-state index in [0.29, 0.717) is 10.7 Å². The highest BCUT2D eigenvalue weighted by molar-refractivity contribution is 6.30. The monoisotopic (exact) mass is 291 g/mol. The third kappa shape index (κ3) is 2.58. The fraction of sp³-hybridized carbons (Fsp3) is 0.214. The molecule has 1 aromatic heterocycles. The molecule has 0 amide bonds. The number of hydrogen-bond donors (Lipinski definition) is 0. The van der Waals surface area contributed by atoms with Gasteiger partial charge in [0.05, 0.1) is 5.69 Å². The molecule has 0 bridgehead atoms. The quantitative estimate of drug-likeness (QED) is 0.792. The summed E-state index contributed by atoms with van der Waals surface area (Å²) in [5.74, 6) is 0. The molecular weight excluding hydrogens is 278 g/mol. The minimum atomic E-state index is -0.407. The van der Waals surface area contributed by atoms with Gasteiger partial charge in [-0.15, -0.1) is 0 Å².